The van der Waals surface area contributed by atoms with Gasteiger partial charge in [0.05, 0.1) is 11.6 Å². The number of anilines is 3. The van der Waals surface area contributed by atoms with E-state index >= 15 is 0 Å². The Balaban J connectivity index is 2.03. The average molecular weight is 366 g/mol. The monoisotopic (exact) mass is 366 g/mol. The molecular weight excluding hydrogens is 355 g/mol. The van der Waals surface area contributed by atoms with Crippen molar-refractivity contribution in [2.24, 2.45) is 0 Å². The standard InChI is InChI=1S/C12H11IN6/c1-14-12-17-10(9-6-15-19-11(9)18-12)16-8-4-2-7(13)3-5-8/h2-6H,1H3,(H3,14,15,16,17,18,19). The summed E-state index contributed by atoms with van der Waals surface area (Å²) in [5.41, 5.74) is 1.68. The van der Waals surface area contributed by atoms with Crippen LogP contribution in [0.1, 0.15) is 0 Å². The molecule has 0 bridgehead atoms. The van der Waals surface area contributed by atoms with Crippen LogP contribution in [0.5, 0.6) is 0 Å². The van der Waals surface area contributed by atoms with Gasteiger partial charge < -0.3 is 10.6 Å². The molecule has 3 aromatic rings. The molecule has 0 saturated heterocycles. The van der Waals surface area contributed by atoms with Gasteiger partial charge in [-0.15, -0.1) is 0 Å². The maximum atomic E-state index is 4.41. The van der Waals surface area contributed by atoms with Crippen molar-refractivity contribution >= 4 is 51.1 Å². The molecule has 0 unspecified atom stereocenters. The number of fused-ring (bicyclic) bond motifs is 1. The Morgan fingerprint density at radius 2 is 1.95 bits per heavy atom. The van der Waals surface area contributed by atoms with Crippen LogP contribution >= 0.6 is 22.6 Å². The van der Waals surface area contributed by atoms with Gasteiger partial charge in [0, 0.05) is 16.3 Å². The first kappa shape index (κ1) is 12.2. The molecule has 0 radical (unpaired) electrons. The minimum absolute atomic E-state index is 0.546. The minimum atomic E-state index is 0.546. The maximum absolute atomic E-state index is 4.41. The normalized spacial score (nSPS) is 10.6. The number of nitrogens with one attached hydrogen (secondary N) is 3. The molecule has 0 aliphatic heterocycles. The van der Waals surface area contributed by atoms with Gasteiger partial charge in [0.25, 0.3) is 0 Å². The van der Waals surface area contributed by atoms with Crippen molar-refractivity contribution in [2.45, 2.75) is 0 Å². The largest absolute Gasteiger partial charge is 0.357 e. The van der Waals surface area contributed by atoms with Crippen LogP contribution in [0.3, 0.4) is 0 Å². The smallest absolute Gasteiger partial charge is 0.226 e. The van der Waals surface area contributed by atoms with Gasteiger partial charge in [0.2, 0.25) is 5.95 Å². The van der Waals surface area contributed by atoms with Crippen LogP contribution in [0, 0.1) is 3.57 Å². The second kappa shape index (κ2) is 5.00. The van der Waals surface area contributed by atoms with Gasteiger partial charge in [-0.3, -0.25) is 5.10 Å². The molecule has 7 heteroatoms. The Morgan fingerprint density at radius 1 is 1.16 bits per heavy atom. The highest BCUT2D eigenvalue weighted by Crippen LogP contribution is 2.24. The van der Waals surface area contributed by atoms with Crippen molar-refractivity contribution in [1.29, 1.82) is 0 Å². The van der Waals surface area contributed by atoms with Crippen molar-refractivity contribution in [3.63, 3.8) is 0 Å². The van der Waals surface area contributed by atoms with Crippen LogP contribution in [0.2, 0.25) is 0 Å². The van der Waals surface area contributed by atoms with Crippen molar-refractivity contribution in [2.75, 3.05) is 17.7 Å². The molecule has 0 spiro atoms. The topological polar surface area (TPSA) is 78.5 Å². The van der Waals surface area contributed by atoms with Crippen molar-refractivity contribution < 1.29 is 0 Å². The second-order valence-electron chi connectivity index (χ2n) is 3.91. The van der Waals surface area contributed by atoms with Crippen LogP contribution in [0.15, 0.2) is 30.5 Å². The van der Waals surface area contributed by atoms with Gasteiger partial charge in [-0.05, 0) is 46.9 Å². The summed E-state index contributed by atoms with van der Waals surface area (Å²) < 4.78 is 1.19. The van der Waals surface area contributed by atoms with Gasteiger partial charge in [0.15, 0.2) is 5.65 Å². The van der Waals surface area contributed by atoms with Crippen LogP contribution in [-0.2, 0) is 0 Å². The first-order valence-electron chi connectivity index (χ1n) is 5.68. The number of aromatic nitrogens is 4. The zero-order chi connectivity index (χ0) is 13.2. The molecule has 19 heavy (non-hydrogen) atoms. The van der Waals surface area contributed by atoms with Crippen LogP contribution < -0.4 is 10.6 Å². The number of rotatable bonds is 3. The average Bonchev–Trinajstić information content (AvgIpc) is 2.89. The molecule has 96 valence electrons. The molecule has 0 saturated carbocycles. The Hall–Kier alpha value is -1.90. The third-order valence-electron chi connectivity index (χ3n) is 2.64. The molecule has 2 aromatic heterocycles. The number of benzene rings is 1. The molecule has 6 nitrogen and oxygen atoms in total. The number of aromatic amines is 1. The van der Waals surface area contributed by atoms with E-state index in [-0.39, 0.29) is 0 Å². The summed E-state index contributed by atoms with van der Waals surface area (Å²) in [6.07, 6.45) is 1.71. The summed E-state index contributed by atoms with van der Waals surface area (Å²) in [4.78, 5) is 8.70. The van der Waals surface area contributed by atoms with Gasteiger partial charge in [-0.1, -0.05) is 0 Å². The summed E-state index contributed by atoms with van der Waals surface area (Å²) in [5, 5.41) is 13.9. The SMILES string of the molecule is CNc1nc(Nc2ccc(I)cc2)c2cn[nH]c2n1. The third-order valence-corrected chi connectivity index (χ3v) is 3.36. The fraction of sp³-hybridized carbons (Fsp3) is 0.0833. The van der Waals surface area contributed by atoms with E-state index in [0.29, 0.717) is 11.6 Å². The molecule has 0 atom stereocenters. The summed E-state index contributed by atoms with van der Waals surface area (Å²) in [5.74, 6) is 1.27. The first-order valence-corrected chi connectivity index (χ1v) is 6.75. The van der Waals surface area contributed by atoms with E-state index in [1.54, 1.807) is 13.2 Å². The van der Waals surface area contributed by atoms with Crippen LogP contribution in [0.25, 0.3) is 11.0 Å². The van der Waals surface area contributed by atoms with E-state index in [2.05, 4.69) is 53.4 Å². The molecule has 3 N–H and O–H groups in total. The Labute approximate surface area is 123 Å². The highest BCUT2D eigenvalue weighted by molar-refractivity contribution is 14.1. The maximum Gasteiger partial charge on any atom is 0.226 e. The van der Waals surface area contributed by atoms with E-state index < -0.39 is 0 Å². The number of nitrogens with zero attached hydrogens (tertiary/aromatic N) is 3. The van der Waals surface area contributed by atoms with E-state index in [1.807, 2.05) is 24.3 Å². The summed E-state index contributed by atoms with van der Waals surface area (Å²) in [7, 11) is 1.78. The van der Waals surface area contributed by atoms with Crippen molar-refractivity contribution in [1.82, 2.24) is 20.2 Å². The fourth-order valence-electron chi connectivity index (χ4n) is 1.71. The highest BCUT2D eigenvalue weighted by atomic mass is 127. The summed E-state index contributed by atoms with van der Waals surface area (Å²) in [6.45, 7) is 0. The molecule has 3 rings (SSSR count). The predicted molar refractivity (Wildman–Crippen MR) is 83.7 cm³/mol. The van der Waals surface area contributed by atoms with E-state index in [4.69, 9.17) is 0 Å². The van der Waals surface area contributed by atoms with Gasteiger partial charge in [-0.2, -0.15) is 15.1 Å². The zero-order valence-corrected chi connectivity index (χ0v) is 12.3. The van der Waals surface area contributed by atoms with Gasteiger partial charge in [0.1, 0.15) is 5.82 Å². The lowest BCUT2D eigenvalue weighted by atomic mass is 10.3. The molecule has 0 aliphatic rings. The predicted octanol–water partition coefficient (Wildman–Crippen LogP) is 2.74. The lowest BCUT2D eigenvalue weighted by Gasteiger charge is -2.08. The lowest BCUT2D eigenvalue weighted by Crippen LogP contribution is -2.01. The molecule has 0 fully saturated rings. The van der Waals surface area contributed by atoms with E-state index in [1.165, 1.54) is 3.57 Å². The Morgan fingerprint density at radius 3 is 2.68 bits per heavy atom. The summed E-state index contributed by atoms with van der Waals surface area (Å²) >= 11 is 2.27. The van der Waals surface area contributed by atoms with Gasteiger partial charge >= 0.3 is 0 Å². The molecular formula is C12H11IN6. The molecule has 0 amide bonds. The molecule has 2 heterocycles. The van der Waals surface area contributed by atoms with E-state index in [9.17, 15) is 0 Å². The fourth-order valence-corrected chi connectivity index (χ4v) is 2.07. The van der Waals surface area contributed by atoms with Crippen LogP contribution in [0.4, 0.5) is 17.5 Å². The summed E-state index contributed by atoms with van der Waals surface area (Å²) in [6, 6.07) is 8.09. The highest BCUT2D eigenvalue weighted by Gasteiger charge is 2.08. The quantitative estimate of drug-likeness (QED) is 0.622. The third kappa shape index (κ3) is 2.46. The Kier molecular flexibility index (Phi) is 3.20. The number of hydrogen-bond acceptors (Lipinski definition) is 5. The lowest BCUT2D eigenvalue weighted by molar-refractivity contribution is 1.09. The number of halogens is 1. The number of hydrogen-bond donors (Lipinski definition) is 3. The van der Waals surface area contributed by atoms with E-state index in [0.717, 1.165) is 16.9 Å². The minimum Gasteiger partial charge on any atom is -0.357 e. The zero-order valence-electron chi connectivity index (χ0n) is 10.1. The first-order chi connectivity index (χ1) is 9.26. The van der Waals surface area contributed by atoms with Crippen molar-refractivity contribution in [3.8, 4) is 0 Å². The van der Waals surface area contributed by atoms with Crippen molar-refractivity contribution in [3.05, 3.63) is 34.0 Å². The Bertz CT molecular complexity index is 706. The number of H-pyrrole nitrogens is 1. The second-order valence-corrected chi connectivity index (χ2v) is 5.16. The molecule has 0 aliphatic carbocycles. The van der Waals surface area contributed by atoms with Gasteiger partial charge in [-0.25, -0.2) is 0 Å². The molecule has 1 aromatic carbocycles. The van der Waals surface area contributed by atoms with Crippen LogP contribution in [-0.4, -0.2) is 27.2 Å².